The minimum absolute atomic E-state index is 0.680. The van der Waals surface area contributed by atoms with Crippen LogP contribution in [0.5, 0.6) is 11.5 Å². The number of rotatable bonds is 6. The normalized spacial score (nSPS) is 10.4. The topological polar surface area (TPSA) is 44.2 Å². The van der Waals surface area contributed by atoms with Gasteiger partial charge in [-0.05, 0) is 35.9 Å². The molecular weight excluding hydrogens is 320 g/mol. The van der Waals surface area contributed by atoms with Crippen LogP contribution in [-0.4, -0.2) is 24.4 Å². The molecule has 0 bridgehead atoms. The van der Waals surface area contributed by atoms with Crippen molar-refractivity contribution in [2.24, 2.45) is 0 Å². The van der Waals surface area contributed by atoms with Crippen molar-refractivity contribution >= 4 is 11.8 Å². The van der Waals surface area contributed by atoms with Crippen molar-refractivity contribution in [3.63, 3.8) is 0 Å². The molecule has 2 aromatic carbocycles. The van der Waals surface area contributed by atoms with Gasteiger partial charge in [0, 0.05) is 11.3 Å². The van der Waals surface area contributed by atoms with Gasteiger partial charge in [-0.1, -0.05) is 42.1 Å². The van der Waals surface area contributed by atoms with Gasteiger partial charge >= 0.3 is 0 Å². The molecule has 0 amide bonds. The molecule has 0 aliphatic carbocycles. The second kappa shape index (κ2) is 7.84. The zero-order valence-electron chi connectivity index (χ0n) is 13.6. The lowest BCUT2D eigenvalue weighted by molar-refractivity contribution is 0.355. The van der Waals surface area contributed by atoms with E-state index in [0.29, 0.717) is 11.5 Å². The first-order chi connectivity index (χ1) is 11.8. The van der Waals surface area contributed by atoms with Gasteiger partial charge in [-0.25, -0.2) is 0 Å². The molecule has 1 heterocycles. The van der Waals surface area contributed by atoms with Crippen molar-refractivity contribution in [3.8, 4) is 22.8 Å². The summed E-state index contributed by atoms with van der Waals surface area (Å²) in [5.41, 5.74) is 3.02. The second-order valence-electron chi connectivity index (χ2n) is 5.10. The van der Waals surface area contributed by atoms with E-state index in [2.05, 4.69) is 22.3 Å². The van der Waals surface area contributed by atoms with E-state index in [1.54, 1.807) is 26.0 Å². The second-order valence-corrected chi connectivity index (χ2v) is 6.10. The molecule has 4 nitrogen and oxygen atoms in total. The Kier molecular flexibility index (Phi) is 5.33. The third-order valence-electron chi connectivity index (χ3n) is 3.55. The summed E-state index contributed by atoms with van der Waals surface area (Å²) < 4.78 is 10.6. The minimum atomic E-state index is 0.680. The van der Waals surface area contributed by atoms with Crippen LogP contribution in [0.25, 0.3) is 11.3 Å². The van der Waals surface area contributed by atoms with Crippen LogP contribution in [0.2, 0.25) is 0 Å². The maximum atomic E-state index is 5.33. The molecule has 1 aromatic heterocycles. The Balaban J connectivity index is 1.72. The highest BCUT2D eigenvalue weighted by Gasteiger charge is 2.08. The van der Waals surface area contributed by atoms with Gasteiger partial charge < -0.3 is 9.47 Å². The first-order valence-electron chi connectivity index (χ1n) is 7.53. The highest BCUT2D eigenvalue weighted by molar-refractivity contribution is 7.98. The standard InChI is InChI=1S/C19H18N2O2S/c1-22-17-10-8-15(12-18(17)23-2)16-9-11-19(21-20-16)24-13-14-6-4-3-5-7-14/h3-12H,13H2,1-2H3. The van der Waals surface area contributed by atoms with Crippen LogP contribution in [0.15, 0.2) is 65.7 Å². The summed E-state index contributed by atoms with van der Waals surface area (Å²) in [5.74, 6) is 2.26. The maximum Gasteiger partial charge on any atom is 0.161 e. The fraction of sp³-hybridized carbons (Fsp3) is 0.158. The zero-order chi connectivity index (χ0) is 16.8. The molecule has 0 saturated carbocycles. The number of thioether (sulfide) groups is 1. The molecule has 24 heavy (non-hydrogen) atoms. The average Bonchev–Trinajstić information content (AvgIpc) is 2.67. The predicted molar refractivity (Wildman–Crippen MR) is 96.6 cm³/mol. The van der Waals surface area contributed by atoms with E-state index < -0.39 is 0 Å². The third-order valence-corrected chi connectivity index (χ3v) is 4.54. The van der Waals surface area contributed by atoms with E-state index in [-0.39, 0.29) is 0 Å². The fourth-order valence-corrected chi connectivity index (χ4v) is 3.05. The lowest BCUT2D eigenvalue weighted by atomic mass is 10.1. The van der Waals surface area contributed by atoms with E-state index in [0.717, 1.165) is 22.0 Å². The van der Waals surface area contributed by atoms with Crippen molar-refractivity contribution in [2.45, 2.75) is 10.8 Å². The molecule has 0 aliphatic rings. The SMILES string of the molecule is COc1ccc(-c2ccc(SCc3ccccc3)nn2)cc1OC. The van der Waals surface area contributed by atoms with Gasteiger partial charge in [-0.2, -0.15) is 0 Å². The summed E-state index contributed by atoms with van der Waals surface area (Å²) in [5, 5.41) is 9.54. The molecule has 0 fully saturated rings. The highest BCUT2D eigenvalue weighted by Crippen LogP contribution is 2.31. The molecule has 0 spiro atoms. The van der Waals surface area contributed by atoms with Gasteiger partial charge in [-0.15, -0.1) is 10.2 Å². The number of hydrogen-bond donors (Lipinski definition) is 0. The molecule has 0 radical (unpaired) electrons. The van der Waals surface area contributed by atoms with Crippen LogP contribution < -0.4 is 9.47 Å². The molecule has 0 unspecified atom stereocenters. The quantitative estimate of drug-likeness (QED) is 0.621. The highest BCUT2D eigenvalue weighted by atomic mass is 32.2. The molecule has 122 valence electrons. The Morgan fingerprint density at radius 2 is 1.62 bits per heavy atom. The Labute approximate surface area is 145 Å². The number of methoxy groups -OCH3 is 2. The Morgan fingerprint density at radius 1 is 0.833 bits per heavy atom. The molecule has 3 aromatic rings. The van der Waals surface area contributed by atoms with Crippen LogP contribution in [0.1, 0.15) is 5.56 Å². The Bertz CT molecular complexity index is 792. The smallest absolute Gasteiger partial charge is 0.161 e. The van der Waals surface area contributed by atoms with Crippen molar-refractivity contribution < 1.29 is 9.47 Å². The Hall–Kier alpha value is -2.53. The number of aromatic nitrogens is 2. The van der Waals surface area contributed by atoms with E-state index >= 15 is 0 Å². The van der Waals surface area contributed by atoms with Gasteiger partial charge in [0.05, 0.1) is 19.9 Å². The fourth-order valence-electron chi connectivity index (χ4n) is 2.28. The molecule has 0 atom stereocenters. The van der Waals surface area contributed by atoms with Crippen LogP contribution in [0, 0.1) is 0 Å². The molecular formula is C19H18N2O2S. The molecule has 0 aliphatic heterocycles. The summed E-state index contributed by atoms with van der Waals surface area (Å²) in [6.07, 6.45) is 0. The first-order valence-corrected chi connectivity index (χ1v) is 8.51. The van der Waals surface area contributed by atoms with Gasteiger partial charge in [0.1, 0.15) is 5.03 Å². The van der Waals surface area contributed by atoms with Crippen LogP contribution in [0.4, 0.5) is 0 Å². The van der Waals surface area contributed by atoms with Gasteiger partial charge in [0.2, 0.25) is 0 Å². The first kappa shape index (κ1) is 16.3. The van der Waals surface area contributed by atoms with Crippen LogP contribution in [-0.2, 0) is 5.75 Å². The van der Waals surface area contributed by atoms with E-state index in [4.69, 9.17) is 9.47 Å². The molecule has 0 N–H and O–H groups in total. The number of nitrogens with zero attached hydrogens (tertiary/aromatic N) is 2. The lowest BCUT2D eigenvalue weighted by Gasteiger charge is -2.09. The number of hydrogen-bond acceptors (Lipinski definition) is 5. The summed E-state index contributed by atoms with van der Waals surface area (Å²) in [7, 11) is 3.24. The number of ether oxygens (including phenoxy) is 2. The van der Waals surface area contributed by atoms with Crippen LogP contribution in [0.3, 0.4) is 0 Å². The molecule has 5 heteroatoms. The van der Waals surface area contributed by atoms with Crippen molar-refractivity contribution in [1.29, 1.82) is 0 Å². The van der Waals surface area contributed by atoms with Crippen molar-refractivity contribution in [3.05, 3.63) is 66.2 Å². The minimum Gasteiger partial charge on any atom is -0.493 e. The summed E-state index contributed by atoms with van der Waals surface area (Å²) in [4.78, 5) is 0. The summed E-state index contributed by atoms with van der Waals surface area (Å²) >= 11 is 1.67. The van der Waals surface area contributed by atoms with Gasteiger partial charge in [0.25, 0.3) is 0 Å². The lowest BCUT2D eigenvalue weighted by Crippen LogP contribution is -1.93. The van der Waals surface area contributed by atoms with Gasteiger partial charge in [-0.3, -0.25) is 0 Å². The summed E-state index contributed by atoms with van der Waals surface area (Å²) in [6, 6.07) is 20.0. The predicted octanol–water partition coefficient (Wildman–Crippen LogP) is 4.45. The van der Waals surface area contributed by atoms with E-state index in [1.807, 2.05) is 48.5 Å². The van der Waals surface area contributed by atoms with Crippen LogP contribution >= 0.6 is 11.8 Å². The Morgan fingerprint density at radius 3 is 2.29 bits per heavy atom. The van der Waals surface area contributed by atoms with Gasteiger partial charge in [0.15, 0.2) is 11.5 Å². The third kappa shape index (κ3) is 3.86. The zero-order valence-corrected chi connectivity index (χ0v) is 14.4. The average molecular weight is 338 g/mol. The molecule has 0 saturated heterocycles. The van der Waals surface area contributed by atoms with Crippen molar-refractivity contribution in [1.82, 2.24) is 10.2 Å². The summed E-state index contributed by atoms with van der Waals surface area (Å²) in [6.45, 7) is 0. The monoisotopic (exact) mass is 338 g/mol. The number of benzene rings is 2. The van der Waals surface area contributed by atoms with E-state index in [1.165, 1.54) is 5.56 Å². The largest absolute Gasteiger partial charge is 0.493 e. The van der Waals surface area contributed by atoms with E-state index in [9.17, 15) is 0 Å². The maximum absolute atomic E-state index is 5.33. The van der Waals surface area contributed by atoms with Crippen molar-refractivity contribution in [2.75, 3.05) is 14.2 Å². The molecule has 3 rings (SSSR count).